The van der Waals surface area contributed by atoms with E-state index >= 15 is 0 Å². The van der Waals surface area contributed by atoms with E-state index in [2.05, 4.69) is 6.92 Å². The minimum atomic E-state index is -0.479. The molecule has 0 spiro atoms. The second-order valence-electron chi connectivity index (χ2n) is 2.27. The number of halogens is 2. The van der Waals surface area contributed by atoms with Crippen molar-refractivity contribution in [3.8, 4) is 0 Å². The molecular formula is C7H12Cl2O. The molecule has 0 bridgehead atoms. The molecule has 1 nitrogen and oxygen atoms in total. The Morgan fingerprint density at radius 3 is 2.50 bits per heavy atom. The summed E-state index contributed by atoms with van der Waals surface area (Å²) in [6, 6.07) is 0. The smallest absolute Gasteiger partial charge is 0.239 e. The van der Waals surface area contributed by atoms with Crippen LogP contribution in [0.5, 0.6) is 0 Å². The standard InChI is InChI=1S/C7H12Cl2O/c1-2-3-4-5-6(8)7(9)10/h6H,2-5H2,1H3. The molecule has 60 valence electrons. The summed E-state index contributed by atoms with van der Waals surface area (Å²) in [4.78, 5) is 10.4. The number of unbranched alkanes of at least 4 members (excludes halogenated alkanes) is 2. The van der Waals surface area contributed by atoms with E-state index in [1.54, 1.807) is 0 Å². The van der Waals surface area contributed by atoms with E-state index < -0.39 is 10.6 Å². The molecule has 1 atom stereocenters. The lowest BCUT2D eigenvalue weighted by molar-refractivity contribution is -0.111. The van der Waals surface area contributed by atoms with Crippen molar-refractivity contribution < 1.29 is 4.79 Å². The Balaban J connectivity index is 3.21. The minimum absolute atomic E-state index is 0.433. The van der Waals surface area contributed by atoms with Gasteiger partial charge in [-0.2, -0.15) is 0 Å². The van der Waals surface area contributed by atoms with Gasteiger partial charge in [-0.05, 0) is 18.0 Å². The van der Waals surface area contributed by atoms with Crippen molar-refractivity contribution in [1.82, 2.24) is 0 Å². The van der Waals surface area contributed by atoms with Crippen molar-refractivity contribution in [3.63, 3.8) is 0 Å². The van der Waals surface area contributed by atoms with Gasteiger partial charge in [-0.15, -0.1) is 11.6 Å². The maximum absolute atomic E-state index is 10.4. The zero-order valence-corrected chi connectivity index (χ0v) is 7.58. The van der Waals surface area contributed by atoms with Crippen molar-refractivity contribution in [3.05, 3.63) is 0 Å². The number of hydrogen-bond donors (Lipinski definition) is 0. The van der Waals surface area contributed by atoms with Gasteiger partial charge >= 0.3 is 0 Å². The largest absolute Gasteiger partial charge is 0.280 e. The molecule has 0 aliphatic heterocycles. The van der Waals surface area contributed by atoms with Crippen LogP contribution in [-0.2, 0) is 4.79 Å². The molecule has 0 rings (SSSR count). The fourth-order valence-corrected chi connectivity index (χ4v) is 0.950. The van der Waals surface area contributed by atoms with Gasteiger partial charge in [-0.3, -0.25) is 4.79 Å². The summed E-state index contributed by atoms with van der Waals surface area (Å²) >= 11 is 10.7. The van der Waals surface area contributed by atoms with Crippen LogP contribution in [0.3, 0.4) is 0 Å². The first kappa shape index (κ1) is 10.2. The fraction of sp³-hybridized carbons (Fsp3) is 0.857. The monoisotopic (exact) mass is 182 g/mol. The topological polar surface area (TPSA) is 17.1 Å². The highest BCUT2D eigenvalue weighted by Gasteiger charge is 2.10. The molecule has 0 aromatic rings. The fourth-order valence-electron chi connectivity index (χ4n) is 0.687. The Hall–Kier alpha value is 0.250. The summed E-state index contributed by atoms with van der Waals surface area (Å²) in [6.07, 6.45) is 3.95. The van der Waals surface area contributed by atoms with Gasteiger partial charge in [0.25, 0.3) is 0 Å². The number of carbonyl (C=O) groups is 1. The minimum Gasteiger partial charge on any atom is -0.280 e. The molecule has 0 aliphatic carbocycles. The molecule has 0 N–H and O–H groups in total. The van der Waals surface area contributed by atoms with Crippen LogP contribution in [0.2, 0.25) is 0 Å². The van der Waals surface area contributed by atoms with Gasteiger partial charge in [0.05, 0.1) is 0 Å². The number of alkyl halides is 1. The van der Waals surface area contributed by atoms with Gasteiger partial charge < -0.3 is 0 Å². The van der Waals surface area contributed by atoms with E-state index in [1.165, 1.54) is 0 Å². The average Bonchev–Trinajstić information content (AvgIpc) is 1.88. The molecule has 0 heterocycles. The number of hydrogen-bond acceptors (Lipinski definition) is 1. The molecular weight excluding hydrogens is 171 g/mol. The highest BCUT2D eigenvalue weighted by Crippen LogP contribution is 2.11. The first-order chi connectivity index (χ1) is 4.68. The van der Waals surface area contributed by atoms with Crippen LogP contribution in [-0.4, -0.2) is 10.6 Å². The third-order valence-corrected chi connectivity index (χ3v) is 2.10. The summed E-state index contributed by atoms with van der Waals surface area (Å²) in [7, 11) is 0. The summed E-state index contributed by atoms with van der Waals surface area (Å²) in [5, 5.41) is -0.911. The first-order valence-electron chi connectivity index (χ1n) is 3.52. The van der Waals surface area contributed by atoms with Crippen molar-refractivity contribution in [1.29, 1.82) is 0 Å². The maximum atomic E-state index is 10.4. The number of carbonyl (C=O) groups excluding carboxylic acids is 1. The normalized spacial score (nSPS) is 13.1. The lowest BCUT2D eigenvalue weighted by Crippen LogP contribution is -2.06. The van der Waals surface area contributed by atoms with E-state index in [0.29, 0.717) is 6.42 Å². The molecule has 0 fully saturated rings. The maximum Gasteiger partial charge on any atom is 0.239 e. The van der Waals surface area contributed by atoms with Crippen LogP contribution in [0.4, 0.5) is 0 Å². The van der Waals surface area contributed by atoms with Gasteiger partial charge in [0.2, 0.25) is 5.24 Å². The lowest BCUT2D eigenvalue weighted by atomic mass is 10.2. The average molecular weight is 183 g/mol. The van der Waals surface area contributed by atoms with E-state index in [4.69, 9.17) is 23.2 Å². The highest BCUT2D eigenvalue weighted by molar-refractivity contribution is 6.69. The summed E-state index contributed by atoms with van der Waals surface area (Å²) in [5.74, 6) is 0. The zero-order valence-electron chi connectivity index (χ0n) is 6.07. The lowest BCUT2D eigenvalue weighted by Gasteiger charge is -2.01. The van der Waals surface area contributed by atoms with E-state index in [1.807, 2.05) is 0 Å². The van der Waals surface area contributed by atoms with Gasteiger partial charge in [0, 0.05) is 0 Å². The molecule has 0 saturated heterocycles. The predicted octanol–water partition coefficient (Wildman–Crippen LogP) is 2.94. The Kier molecular flexibility index (Phi) is 6.14. The van der Waals surface area contributed by atoms with Crippen molar-refractivity contribution in [2.45, 2.75) is 38.0 Å². The van der Waals surface area contributed by atoms with Gasteiger partial charge in [0.15, 0.2) is 0 Å². The summed E-state index contributed by atoms with van der Waals surface area (Å²) in [5.41, 5.74) is 0. The molecule has 0 radical (unpaired) electrons. The Morgan fingerprint density at radius 1 is 1.50 bits per heavy atom. The third kappa shape index (κ3) is 5.07. The number of rotatable bonds is 5. The summed E-state index contributed by atoms with van der Waals surface area (Å²) in [6.45, 7) is 2.10. The van der Waals surface area contributed by atoms with Crippen LogP contribution in [0.1, 0.15) is 32.6 Å². The van der Waals surface area contributed by atoms with E-state index in [9.17, 15) is 4.79 Å². The summed E-state index contributed by atoms with van der Waals surface area (Å²) < 4.78 is 0. The van der Waals surface area contributed by atoms with Crippen LogP contribution >= 0.6 is 23.2 Å². The highest BCUT2D eigenvalue weighted by atomic mass is 35.5. The molecule has 10 heavy (non-hydrogen) atoms. The van der Waals surface area contributed by atoms with Gasteiger partial charge in [-0.25, -0.2) is 0 Å². The van der Waals surface area contributed by atoms with Crippen molar-refractivity contribution >= 4 is 28.4 Å². The van der Waals surface area contributed by atoms with E-state index in [-0.39, 0.29) is 0 Å². The van der Waals surface area contributed by atoms with Gasteiger partial charge in [-0.1, -0.05) is 26.2 Å². The predicted molar refractivity (Wildman–Crippen MR) is 44.6 cm³/mol. The Labute approximate surface area is 71.7 Å². The molecule has 0 saturated carbocycles. The first-order valence-corrected chi connectivity index (χ1v) is 4.33. The second-order valence-corrected chi connectivity index (χ2v) is 3.17. The van der Waals surface area contributed by atoms with Gasteiger partial charge in [0.1, 0.15) is 5.38 Å². The molecule has 0 amide bonds. The van der Waals surface area contributed by atoms with Crippen LogP contribution in [0.15, 0.2) is 0 Å². The molecule has 0 aliphatic rings. The zero-order chi connectivity index (χ0) is 7.98. The van der Waals surface area contributed by atoms with Crippen LogP contribution < -0.4 is 0 Å². The Morgan fingerprint density at radius 2 is 2.10 bits per heavy atom. The molecule has 1 unspecified atom stereocenters. The van der Waals surface area contributed by atoms with Crippen molar-refractivity contribution in [2.24, 2.45) is 0 Å². The molecule has 0 aromatic carbocycles. The SMILES string of the molecule is CCCCCC(Cl)C(=O)Cl. The molecule has 3 heteroatoms. The van der Waals surface area contributed by atoms with E-state index in [0.717, 1.165) is 19.3 Å². The molecule has 0 aromatic heterocycles. The van der Waals surface area contributed by atoms with Crippen LogP contribution in [0.25, 0.3) is 0 Å². The van der Waals surface area contributed by atoms with Crippen LogP contribution in [0, 0.1) is 0 Å². The quantitative estimate of drug-likeness (QED) is 0.363. The second kappa shape index (κ2) is 5.99. The Bertz CT molecular complexity index is 104. The van der Waals surface area contributed by atoms with Crippen molar-refractivity contribution in [2.75, 3.05) is 0 Å². The third-order valence-electron chi connectivity index (χ3n) is 1.31.